The van der Waals surface area contributed by atoms with Gasteiger partial charge in [0.25, 0.3) is 0 Å². The predicted octanol–water partition coefficient (Wildman–Crippen LogP) is 5.88. The smallest absolute Gasteiger partial charge is 0.219 e. The van der Waals surface area contributed by atoms with Crippen molar-refractivity contribution in [2.24, 2.45) is 0 Å². The minimum absolute atomic E-state index is 0.0166. The molecule has 0 saturated heterocycles. The van der Waals surface area contributed by atoms with Crippen molar-refractivity contribution in [2.75, 3.05) is 0 Å². The fraction of sp³-hybridized carbons (Fsp3) is 0.130. The van der Waals surface area contributed by atoms with Crippen LogP contribution in [-0.2, 0) is 0 Å². The molecule has 3 heteroatoms. The number of ketones is 1. The molecule has 0 bridgehead atoms. The zero-order valence-corrected chi connectivity index (χ0v) is 15.4. The van der Waals surface area contributed by atoms with E-state index in [9.17, 15) is 9.59 Å². The average molecular weight is 360 g/mol. The number of Topliss-reactive ketones (excluding diaryl/α,β-unsaturated/α-hetero) is 1. The lowest BCUT2D eigenvalue weighted by molar-refractivity contribution is 0.0982. The van der Waals surface area contributed by atoms with Crippen LogP contribution in [0.3, 0.4) is 0 Å². The first kappa shape index (κ1) is 18.2. The summed E-state index contributed by atoms with van der Waals surface area (Å²) in [6, 6.07) is 26.5. The first-order chi connectivity index (χ1) is 12.6. The SMILES string of the molecule is Cc1ccc(C(CC(=O)c2ccccc2)SC(=O)c2ccccc2)cc1. The Hall–Kier alpha value is -2.65. The van der Waals surface area contributed by atoms with Gasteiger partial charge in [-0.2, -0.15) is 0 Å². The van der Waals surface area contributed by atoms with Crippen molar-refractivity contribution in [1.29, 1.82) is 0 Å². The minimum Gasteiger partial charge on any atom is -0.294 e. The van der Waals surface area contributed by atoms with Crippen LogP contribution in [0, 0.1) is 6.92 Å². The van der Waals surface area contributed by atoms with Crippen LogP contribution in [0.25, 0.3) is 0 Å². The first-order valence-electron chi connectivity index (χ1n) is 8.54. The Morgan fingerprint density at radius 3 is 1.88 bits per heavy atom. The van der Waals surface area contributed by atoms with Crippen LogP contribution in [0.5, 0.6) is 0 Å². The molecular formula is C23H20O2S. The molecule has 0 aliphatic carbocycles. The fourth-order valence-electron chi connectivity index (χ4n) is 2.69. The Morgan fingerprint density at radius 2 is 1.31 bits per heavy atom. The number of carbonyl (C=O) groups excluding carboxylic acids is 2. The molecule has 3 aromatic carbocycles. The summed E-state index contributed by atoms with van der Waals surface area (Å²) in [7, 11) is 0. The molecule has 3 rings (SSSR count). The Balaban J connectivity index is 1.83. The molecule has 3 aromatic rings. The number of rotatable bonds is 6. The molecule has 0 N–H and O–H groups in total. The first-order valence-corrected chi connectivity index (χ1v) is 9.42. The molecule has 1 atom stereocenters. The number of thioether (sulfide) groups is 1. The van der Waals surface area contributed by atoms with Gasteiger partial charge < -0.3 is 0 Å². The highest BCUT2D eigenvalue weighted by molar-refractivity contribution is 8.14. The molecule has 0 spiro atoms. The van der Waals surface area contributed by atoms with Gasteiger partial charge in [-0.3, -0.25) is 9.59 Å². The van der Waals surface area contributed by atoms with Crippen LogP contribution in [-0.4, -0.2) is 10.9 Å². The number of aryl methyl sites for hydroxylation is 1. The Morgan fingerprint density at radius 1 is 0.769 bits per heavy atom. The van der Waals surface area contributed by atoms with Crippen molar-refractivity contribution in [3.05, 3.63) is 107 Å². The van der Waals surface area contributed by atoms with Crippen molar-refractivity contribution < 1.29 is 9.59 Å². The Bertz CT molecular complexity index is 818. The third kappa shape index (κ3) is 4.70. The zero-order valence-electron chi connectivity index (χ0n) is 14.6. The second kappa shape index (κ2) is 8.63. The number of benzene rings is 3. The summed E-state index contributed by atoms with van der Waals surface area (Å²) in [6.45, 7) is 2.02. The van der Waals surface area contributed by atoms with E-state index in [4.69, 9.17) is 0 Å². The quantitative estimate of drug-likeness (QED) is 0.515. The topological polar surface area (TPSA) is 34.1 Å². The van der Waals surface area contributed by atoms with E-state index < -0.39 is 0 Å². The molecule has 26 heavy (non-hydrogen) atoms. The molecule has 2 nitrogen and oxygen atoms in total. The molecule has 0 aliphatic rings. The molecule has 0 aromatic heterocycles. The van der Waals surface area contributed by atoms with Gasteiger partial charge >= 0.3 is 0 Å². The van der Waals surface area contributed by atoms with Crippen LogP contribution in [0.4, 0.5) is 0 Å². The molecule has 0 heterocycles. The minimum atomic E-state index is -0.212. The van der Waals surface area contributed by atoms with Gasteiger partial charge in [0.05, 0.1) is 0 Å². The van der Waals surface area contributed by atoms with Crippen LogP contribution in [0.1, 0.15) is 43.5 Å². The zero-order chi connectivity index (χ0) is 18.4. The molecule has 1 unspecified atom stereocenters. The maximum Gasteiger partial charge on any atom is 0.219 e. The summed E-state index contributed by atoms with van der Waals surface area (Å²) in [5.41, 5.74) is 3.48. The van der Waals surface area contributed by atoms with Gasteiger partial charge in [0, 0.05) is 22.8 Å². The average Bonchev–Trinajstić information content (AvgIpc) is 2.69. The highest BCUT2D eigenvalue weighted by Gasteiger charge is 2.22. The molecule has 0 fully saturated rings. The summed E-state index contributed by atoms with van der Waals surface area (Å²) in [6.07, 6.45) is 0.288. The highest BCUT2D eigenvalue weighted by Crippen LogP contribution is 2.35. The van der Waals surface area contributed by atoms with E-state index in [1.54, 1.807) is 12.1 Å². The maximum absolute atomic E-state index is 12.7. The lowest BCUT2D eigenvalue weighted by Crippen LogP contribution is -2.08. The van der Waals surface area contributed by atoms with E-state index in [1.807, 2.05) is 79.7 Å². The van der Waals surface area contributed by atoms with Crippen LogP contribution in [0.2, 0.25) is 0 Å². The molecule has 0 aliphatic heterocycles. The third-order valence-electron chi connectivity index (χ3n) is 4.17. The fourth-order valence-corrected chi connectivity index (χ4v) is 3.75. The van der Waals surface area contributed by atoms with Gasteiger partial charge in [-0.15, -0.1) is 0 Å². The molecule has 0 radical (unpaired) electrons. The van der Waals surface area contributed by atoms with Crippen molar-refractivity contribution in [3.63, 3.8) is 0 Å². The number of hydrogen-bond donors (Lipinski definition) is 0. The summed E-state index contributed by atoms with van der Waals surface area (Å²) >= 11 is 1.22. The molecule has 0 saturated carbocycles. The normalized spacial score (nSPS) is 11.7. The van der Waals surface area contributed by atoms with Gasteiger partial charge in [0.1, 0.15) is 0 Å². The van der Waals surface area contributed by atoms with E-state index >= 15 is 0 Å². The van der Waals surface area contributed by atoms with Gasteiger partial charge in [-0.25, -0.2) is 0 Å². The predicted molar refractivity (Wildman–Crippen MR) is 108 cm³/mol. The van der Waals surface area contributed by atoms with Gasteiger partial charge in [-0.1, -0.05) is 102 Å². The lowest BCUT2D eigenvalue weighted by atomic mass is 10.0. The third-order valence-corrected chi connectivity index (χ3v) is 5.35. The molecule has 130 valence electrons. The second-order valence-corrected chi connectivity index (χ2v) is 7.34. The van der Waals surface area contributed by atoms with Gasteiger partial charge in [0.2, 0.25) is 5.12 Å². The second-order valence-electron chi connectivity index (χ2n) is 6.16. The van der Waals surface area contributed by atoms with Gasteiger partial charge in [0.15, 0.2) is 5.78 Å². The maximum atomic E-state index is 12.7. The molecule has 0 amide bonds. The summed E-state index contributed by atoms with van der Waals surface area (Å²) < 4.78 is 0. The Labute approximate surface area is 158 Å². The summed E-state index contributed by atoms with van der Waals surface area (Å²) in [5, 5.41) is -0.229. The van der Waals surface area contributed by atoms with E-state index in [0.717, 1.165) is 11.1 Å². The number of hydrogen-bond acceptors (Lipinski definition) is 3. The highest BCUT2D eigenvalue weighted by atomic mass is 32.2. The van der Waals surface area contributed by atoms with E-state index in [1.165, 1.54) is 11.8 Å². The number of carbonyl (C=O) groups is 2. The largest absolute Gasteiger partial charge is 0.294 e. The van der Waals surface area contributed by atoms with Crippen molar-refractivity contribution in [1.82, 2.24) is 0 Å². The van der Waals surface area contributed by atoms with Crippen LogP contribution >= 0.6 is 11.8 Å². The van der Waals surface area contributed by atoms with Crippen molar-refractivity contribution >= 4 is 22.7 Å². The lowest BCUT2D eigenvalue weighted by Gasteiger charge is -2.16. The Kier molecular flexibility index (Phi) is 6.03. The standard InChI is InChI=1S/C23H20O2S/c1-17-12-14-19(15-13-17)22(16-21(24)18-8-4-2-5-9-18)26-23(25)20-10-6-3-7-11-20/h2-15,22H,16H2,1H3. The monoisotopic (exact) mass is 360 g/mol. The van der Waals surface area contributed by atoms with E-state index in [-0.39, 0.29) is 22.6 Å². The van der Waals surface area contributed by atoms with Crippen LogP contribution in [0.15, 0.2) is 84.9 Å². The van der Waals surface area contributed by atoms with Crippen molar-refractivity contribution in [3.8, 4) is 0 Å². The molecular weight excluding hydrogens is 340 g/mol. The van der Waals surface area contributed by atoms with E-state index in [0.29, 0.717) is 11.1 Å². The van der Waals surface area contributed by atoms with E-state index in [2.05, 4.69) is 0 Å². The van der Waals surface area contributed by atoms with Gasteiger partial charge in [-0.05, 0) is 12.5 Å². The summed E-state index contributed by atoms with van der Waals surface area (Å²) in [4.78, 5) is 25.4. The summed E-state index contributed by atoms with van der Waals surface area (Å²) in [5.74, 6) is 0.0459. The van der Waals surface area contributed by atoms with Crippen LogP contribution < -0.4 is 0 Å². The van der Waals surface area contributed by atoms with Crippen molar-refractivity contribution in [2.45, 2.75) is 18.6 Å².